The number of hydrogen-bond donors (Lipinski definition) is 1. The molecule has 0 saturated carbocycles. The predicted molar refractivity (Wildman–Crippen MR) is 87.6 cm³/mol. The highest BCUT2D eigenvalue weighted by molar-refractivity contribution is 7.18. The van der Waals surface area contributed by atoms with Crippen LogP contribution in [0.15, 0.2) is 16.9 Å². The molecule has 114 valence electrons. The van der Waals surface area contributed by atoms with E-state index in [1.54, 1.807) is 0 Å². The molecular weight excluding hydrogens is 284 g/mol. The van der Waals surface area contributed by atoms with E-state index in [1.165, 1.54) is 11.3 Å². The second-order valence-corrected chi connectivity index (χ2v) is 7.15. The number of anilines is 1. The Kier molecular flexibility index (Phi) is 4.46. The maximum Gasteiger partial charge on any atom is 0.261 e. The Labute approximate surface area is 128 Å². The van der Waals surface area contributed by atoms with Gasteiger partial charge in [0.25, 0.3) is 5.56 Å². The molecule has 21 heavy (non-hydrogen) atoms. The van der Waals surface area contributed by atoms with Gasteiger partial charge >= 0.3 is 0 Å². The van der Waals surface area contributed by atoms with E-state index in [4.69, 9.17) is 5.73 Å². The molecular formula is C15H22N4OS. The molecule has 0 bridgehead atoms. The predicted octanol–water partition coefficient (Wildman–Crippen LogP) is 3.05. The van der Waals surface area contributed by atoms with Crippen molar-refractivity contribution < 1.29 is 0 Å². The molecule has 0 aliphatic heterocycles. The zero-order valence-electron chi connectivity index (χ0n) is 13.0. The Morgan fingerprint density at radius 2 is 2.00 bits per heavy atom. The van der Waals surface area contributed by atoms with E-state index in [-0.39, 0.29) is 11.0 Å². The van der Waals surface area contributed by atoms with E-state index in [1.807, 2.05) is 16.7 Å². The third-order valence-electron chi connectivity index (χ3n) is 3.35. The van der Waals surface area contributed by atoms with Gasteiger partial charge in [-0.25, -0.2) is 0 Å². The molecule has 2 aromatic rings. The molecule has 5 nitrogen and oxygen atoms in total. The zero-order chi connectivity index (χ0) is 15.6. The molecule has 2 N–H and O–H groups in total. The molecule has 0 aliphatic carbocycles. The highest BCUT2D eigenvalue weighted by atomic mass is 32.1. The Morgan fingerprint density at radius 1 is 1.29 bits per heavy atom. The van der Waals surface area contributed by atoms with Crippen LogP contribution in [0.25, 0.3) is 10.6 Å². The lowest BCUT2D eigenvalue weighted by atomic mass is 9.90. The first-order valence-electron chi connectivity index (χ1n) is 7.18. The van der Waals surface area contributed by atoms with Crippen molar-refractivity contribution in [2.45, 2.75) is 52.5 Å². The lowest BCUT2D eigenvalue weighted by Gasteiger charge is -2.24. The van der Waals surface area contributed by atoms with Gasteiger partial charge in [0, 0.05) is 17.7 Å². The van der Waals surface area contributed by atoms with Gasteiger partial charge in [0.2, 0.25) is 5.13 Å². The van der Waals surface area contributed by atoms with Crippen LogP contribution in [0.5, 0.6) is 0 Å². The average molecular weight is 306 g/mol. The van der Waals surface area contributed by atoms with Gasteiger partial charge < -0.3 is 10.3 Å². The highest BCUT2D eigenvalue weighted by Gasteiger charge is 2.21. The smallest absolute Gasteiger partial charge is 0.261 e. The van der Waals surface area contributed by atoms with E-state index in [9.17, 15) is 4.79 Å². The minimum atomic E-state index is -0.0778. The minimum Gasteiger partial charge on any atom is -0.374 e. The summed E-state index contributed by atoms with van der Waals surface area (Å²) in [7, 11) is 0. The van der Waals surface area contributed by atoms with E-state index >= 15 is 0 Å². The molecule has 6 heteroatoms. The number of nitrogen functional groups attached to an aromatic ring is 1. The van der Waals surface area contributed by atoms with E-state index in [0.29, 0.717) is 15.7 Å². The lowest BCUT2D eigenvalue weighted by Crippen LogP contribution is -2.30. The van der Waals surface area contributed by atoms with E-state index in [2.05, 4.69) is 37.9 Å². The number of unbranched alkanes of at least 4 members (excludes halogenated alkanes) is 1. The summed E-state index contributed by atoms with van der Waals surface area (Å²) in [6, 6.07) is 3.86. The van der Waals surface area contributed by atoms with E-state index in [0.717, 1.165) is 25.1 Å². The second kappa shape index (κ2) is 5.97. The Hall–Kier alpha value is -1.69. The molecule has 0 unspecified atom stereocenters. The maximum atomic E-state index is 12.8. The molecule has 0 aromatic carbocycles. The molecule has 0 saturated heterocycles. The van der Waals surface area contributed by atoms with Crippen molar-refractivity contribution in [2.75, 3.05) is 5.73 Å². The standard InChI is InChI=1S/C15H22N4OS/c1-5-6-9-19-11(15(2,3)4)8-7-10(13(19)20)12-17-18-14(16)21-12/h7-8H,5-6,9H2,1-4H3,(H2,16,18). The first-order chi connectivity index (χ1) is 9.84. The monoisotopic (exact) mass is 306 g/mol. The molecule has 0 atom stereocenters. The molecule has 0 spiro atoms. The second-order valence-electron chi connectivity index (χ2n) is 6.14. The third kappa shape index (κ3) is 3.32. The summed E-state index contributed by atoms with van der Waals surface area (Å²) < 4.78 is 1.87. The van der Waals surface area contributed by atoms with Gasteiger partial charge in [-0.2, -0.15) is 0 Å². The lowest BCUT2D eigenvalue weighted by molar-refractivity contribution is 0.490. The fourth-order valence-electron chi connectivity index (χ4n) is 2.28. The average Bonchev–Trinajstić information content (AvgIpc) is 2.82. The van der Waals surface area contributed by atoms with Crippen LogP contribution in [0, 0.1) is 0 Å². The van der Waals surface area contributed by atoms with Crippen molar-refractivity contribution in [1.29, 1.82) is 0 Å². The van der Waals surface area contributed by atoms with Crippen molar-refractivity contribution in [3.8, 4) is 10.6 Å². The first-order valence-corrected chi connectivity index (χ1v) is 8.00. The van der Waals surface area contributed by atoms with Gasteiger partial charge in [0.1, 0.15) is 0 Å². The van der Waals surface area contributed by atoms with Crippen LogP contribution in [-0.4, -0.2) is 14.8 Å². The SMILES string of the molecule is CCCCn1c(C(C)(C)C)ccc(-c2nnc(N)s2)c1=O. The van der Waals surface area contributed by atoms with Crippen molar-refractivity contribution in [3.63, 3.8) is 0 Å². The maximum absolute atomic E-state index is 12.8. The summed E-state index contributed by atoms with van der Waals surface area (Å²) in [6.45, 7) is 9.20. The first kappa shape index (κ1) is 15.7. The van der Waals surface area contributed by atoms with Crippen LogP contribution in [0.4, 0.5) is 5.13 Å². The Balaban J connectivity index is 2.59. The fraction of sp³-hybridized carbons (Fsp3) is 0.533. The third-order valence-corrected chi connectivity index (χ3v) is 4.13. The topological polar surface area (TPSA) is 73.8 Å². The van der Waals surface area contributed by atoms with Gasteiger partial charge in [-0.3, -0.25) is 4.79 Å². The molecule has 0 radical (unpaired) electrons. The van der Waals surface area contributed by atoms with Crippen LogP contribution in [0.1, 0.15) is 46.2 Å². The molecule has 2 rings (SSSR count). The van der Waals surface area contributed by atoms with E-state index < -0.39 is 0 Å². The van der Waals surface area contributed by atoms with Crippen molar-refractivity contribution in [1.82, 2.24) is 14.8 Å². The Morgan fingerprint density at radius 3 is 2.52 bits per heavy atom. The van der Waals surface area contributed by atoms with Crippen LogP contribution >= 0.6 is 11.3 Å². The normalized spacial score (nSPS) is 11.8. The quantitative estimate of drug-likeness (QED) is 0.942. The number of nitrogens with zero attached hydrogens (tertiary/aromatic N) is 3. The summed E-state index contributed by atoms with van der Waals surface area (Å²) in [6.07, 6.45) is 2.02. The number of rotatable bonds is 4. The summed E-state index contributed by atoms with van der Waals surface area (Å²) in [5.41, 5.74) is 7.16. The van der Waals surface area contributed by atoms with Crippen molar-refractivity contribution in [3.05, 3.63) is 28.2 Å². The highest BCUT2D eigenvalue weighted by Crippen LogP contribution is 2.26. The number of hydrogen-bond acceptors (Lipinski definition) is 5. The molecule has 0 aliphatic rings. The zero-order valence-corrected chi connectivity index (χ0v) is 13.8. The molecule has 2 heterocycles. The van der Waals surface area contributed by atoms with Gasteiger partial charge in [0.05, 0.1) is 5.56 Å². The van der Waals surface area contributed by atoms with Gasteiger partial charge in [0.15, 0.2) is 5.01 Å². The summed E-state index contributed by atoms with van der Waals surface area (Å²) in [4.78, 5) is 12.8. The van der Waals surface area contributed by atoms with Crippen LogP contribution in [-0.2, 0) is 12.0 Å². The van der Waals surface area contributed by atoms with Crippen LogP contribution in [0.2, 0.25) is 0 Å². The van der Waals surface area contributed by atoms with Gasteiger partial charge in [-0.1, -0.05) is 45.5 Å². The van der Waals surface area contributed by atoms with Crippen molar-refractivity contribution >= 4 is 16.5 Å². The fourth-order valence-corrected chi connectivity index (χ4v) is 2.90. The van der Waals surface area contributed by atoms with Gasteiger partial charge in [-0.15, -0.1) is 10.2 Å². The summed E-state index contributed by atoms with van der Waals surface area (Å²) in [5.74, 6) is 0. The molecule has 2 aromatic heterocycles. The minimum absolute atomic E-state index is 0.00738. The largest absolute Gasteiger partial charge is 0.374 e. The van der Waals surface area contributed by atoms with Crippen LogP contribution in [0.3, 0.4) is 0 Å². The number of pyridine rings is 1. The summed E-state index contributed by atoms with van der Waals surface area (Å²) in [5, 5.41) is 8.75. The molecule has 0 fully saturated rings. The Bertz CT molecular complexity index is 682. The summed E-state index contributed by atoms with van der Waals surface area (Å²) >= 11 is 1.24. The number of aromatic nitrogens is 3. The molecule has 0 amide bonds. The van der Waals surface area contributed by atoms with Gasteiger partial charge in [-0.05, 0) is 18.6 Å². The number of nitrogens with two attached hydrogens (primary N) is 1. The van der Waals surface area contributed by atoms with Crippen LogP contribution < -0.4 is 11.3 Å². The van der Waals surface area contributed by atoms with Crippen molar-refractivity contribution in [2.24, 2.45) is 0 Å².